The van der Waals surface area contributed by atoms with E-state index in [0.29, 0.717) is 6.61 Å². The Morgan fingerprint density at radius 3 is 2.58 bits per heavy atom. The number of hydrogen-bond acceptors (Lipinski definition) is 5. The summed E-state index contributed by atoms with van der Waals surface area (Å²) in [5.41, 5.74) is -1.04. The molecule has 2 aromatic rings. The molecule has 0 fully saturated rings. The number of benzene rings is 1. The molecule has 1 aromatic heterocycles. The van der Waals surface area contributed by atoms with E-state index in [-0.39, 0.29) is 22.7 Å². The van der Waals surface area contributed by atoms with Crippen molar-refractivity contribution in [2.24, 2.45) is 5.92 Å². The van der Waals surface area contributed by atoms with E-state index < -0.39 is 22.3 Å². The van der Waals surface area contributed by atoms with Gasteiger partial charge in [0.1, 0.15) is 6.10 Å². The summed E-state index contributed by atoms with van der Waals surface area (Å²) in [5, 5.41) is 11.3. The smallest absolute Gasteiger partial charge is 0.325 e. The highest BCUT2D eigenvalue weighted by molar-refractivity contribution is 5.44. The molecular formula is C16H19N3O5. The Hall–Kier alpha value is -2.74. The van der Waals surface area contributed by atoms with E-state index >= 15 is 0 Å². The lowest BCUT2D eigenvalue weighted by Crippen LogP contribution is -2.28. The van der Waals surface area contributed by atoms with Crippen molar-refractivity contribution >= 4 is 5.69 Å². The molecule has 0 saturated heterocycles. The molecule has 0 saturated carbocycles. The first-order valence-corrected chi connectivity index (χ1v) is 7.60. The molecule has 0 aliphatic rings. The maximum Gasteiger partial charge on any atom is 0.325 e. The largest absolute Gasteiger partial charge is 0.368 e. The summed E-state index contributed by atoms with van der Waals surface area (Å²) in [6, 6.07) is 6.09. The van der Waals surface area contributed by atoms with Gasteiger partial charge in [-0.15, -0.1) is 0 Å². The highest BCUT2D eigenvalue weighted by Crippen LogP contribution is 2.31. The first kappa shape index (κ1) is 17.6. The first-order chi connectivity index (χ1) is 11.4. The lowest BCUT2D eigenvalue weighted by molar-refractivity contribution is -0.386. The summed E-state index contributed by atoms with van der Waals surface area (Å²) in [4.78, 5) is 38.6. The van der Waals surface area contributed by atoms with Gasteiger partial charge in [0.2, 0.25) is 0 Å². The molecule has 0 aliphatic carbocycles. The Labute approximate surface area is 137 Å². The van der Waals surface area contributed by atoms with Crippen molar-refractivity contribution in [1.82, 2.24) is 9.97 Å². The van der Waals surface area contributed by atoms with E-state index in [1.54, 1.807) is 18.2 Å². The van der Waals surface area contributed by atoms with Crippen molar-refractivity contribution < 1.29 is 9.66 Å². The maximum absolute atomic E-state index is 12.1. The molecule has 24 heavy (non-hydrogen) atoms. The number of aromatic nitrogens is 2. The van der Waals surface area contributed by atoms with Crippen LogP contribution >= 0.6 is 0 Å². The summed E-state index contributed by atoms with van der Waals surface area (Å²) in [6.07, 6.45) is 1.16. The standard InChI is InChI=1S/C16H19N3O5/c1-3-10(2)9-24-14(12-8-17-16(21)18-15(12)20)11-6-4-5-7-13(11)19(22)23/h4-8,10,14H,3,9H2,1-2H3,(H2,17,18,20,21). The van der Waals surface area contributed by atoms with Crippen molar-refractivity contribution in [1.29, 1.82) is 0 Å². The average Bonchev–Trinajstić information content (AvgIpc) is 2.56. The first-order valence-electron chi connectivity index (χ1n) is 7.60. The van der Waals surface area contributed by atoms with Gasteiger partial charge in [0, 0.05) is 12.3 Å². The van der Waals surface area contributed by atoms with Gasteiger partial charge in [-0.2, -0.15) is 0 Å². The van der Waals surface area contributed by atoms with Crippen LogP contribution in [0.3, 0.4) is 0 Å². The number of para-hydroxylation sites is 1. The topological polar surface area (TPSA) is 118 Å². The van der Waals surface area contributed by atoms with Gasteiger partial charge in [-0.05, 0) is 12.0 Å². The highest BCUT2D eigenvalue weighted by Gasteiger charge is 2.26. The van der Waals surface area contributed by atoms with E-state index in [2.05, 4.69) is 9.97 Å². The zero-order valence-corrected chi connectivity index (χ0v) is 13.4. The van der Waals surface area contributed by atoms with Gasteiger partial charge in [0.15, 0.2) is 0 Å². The Balaban J connectivity index is 2.53. The molecule has 1 heterocycles. The van der Waals surface area contributed by atoms with Gasteiger partial charge in [0.05, 0.1) is 22.7 Å². The van der Waals surface area contributed by atoms with Crippen LogP contribution in [0.1, 0.15) is 37.5 Å². The molecule has 0 amide bonds. The van der Waals surface area contributed by atoms with E-state index in [4.69, 9.17) is 4.74 Å². The number of hydrogen-bond donors (Lipinski definition) is 2. The Morgan fingerprint density at radius 2 is 1.96 bits per heavy atom. The Kier molecular flexibility index (Phi) is 5.64. The van der Waals surface area contributed by atoms with Crippen molar-refractivity contribution in [2.75, 3.05) is 6.61 Å². The zero-order valence-electron chi connectivity index (χ0n) is 13.4. The fourth-order valence-electron chi connectivity index (χ4n) is 2.22. The maximum atomic E-state index is 12.1. The van der Waals surface area contributed by atoms with Gasteiger partial charge in [0.25, 0.3) is 11.2 Å². The van der Waals surface area contributed by atoms with Crippen LogP contribution in [0.4, 0.5) is 5.69 Å². The molecule has 0 radical (unpaired) electrons. The number of nitro groups is 1. The third kappa shape index (κ3) is 3.96. The van der Waals surface area contributed by atoms with Crippen LogP contribution in [0.15, 0.2) is 40.1 Å². The van der Waals surface area contributed by atoms with Crippen molar-refractivity contribution in [3.8, 4) is 0 Å². The number of nitrogens with one attached hydrogen (secondary N) is 2. The monoisotopic (exact) mass is 333 g/mol. The van der Waals surface area contributed by atoms with Gasteiger partial charge in [-0.1, -0.05) is 32.4 Å². The highest BCUT2D eigenvalue weighted by atomic mass is 16.6. The van der Waals surface area contributed by atoms with E-state index in [9.17, 15) is 19.7 Å². The molecule has 8 heteroatoms. The number of rotatable bonds is 7. The van der Waals surface area contributed by atoms with Crippen LogP contribution in [0.2, 0.25) is 0 Å². The second kappa shape index (κ2) is 7.69. The zero-order chi connectivity index (χ0) is 17.7. The fourth-order valence-corrected chi connectivity index (χ4v) is 2.22. The fraction of sp³-hybridized carbons (Fsp3) is 0.375. The lowest BCUT2D eigenvalue weighted by atomic mass is 10.0. The minimum absolute atomic E-state index is 0.118. The summed E-state index contributed by atoms with van der Waals surface area (Å²) < 4.78 is 5.83. The molecule has 0 spiro atoms. The SMILES string of the molecule is CCC(C)COC(c1ccccc1[N+](=O)[O-])c1c[nH]c(=O)[nH]c1=O. The Bertz CT molecular complexity index is 827. The van der Waals surface area contributed by atoms with Crippen LogP contribution in [0.5, 0.6) is 0 Å². The number of ether oxygens (including phenoxy) is 1. The van der Waals surface area contributed by atoms with E-state index in [1.165, 1.54) is 12.3 Å². The molecule has 2 atom stereocenters. The normalized spacial score (nSPS) is 13.4. The minimum atomic E-state index is -0.943. The van der Waals surface area contributed by atoms with Crippen molar-refractivity contribution in [2.45, 2.75) is 26.4 Å². The summed E-state index contributed by atoms with van der Waals surface area (Å²) in [5.74, 6) is 0.220. The third-order valence-corrected chi connectivity index (χ3v) is 3.79. The second-order valence-electron chi connectivity index (χ2n) is 5.57. The van der Waals surface area contributed by atoms with Crippen molar-refractivity contribution in [3.63, 3.8) is 0 Å². The van der Waals surface area contributed by atoms with Crippen LogP contribution in [0.25, 0.3) is 0 Å². The minimum Gasteiger partial charge on any atom is -0.368 e. The van der Waals surface area contributed by atoms with Gasteiger partial charge in [-0.25, -0.2) is 4.79 Å². The molecule has 0 bridgehead atoms. The quantitative estimate of drug-likeness (QED) is 0.594. The summed E-state index contributed by atoms with van der Waals surface area (Å²) in [7, 11) is 0. The van der Waals surface area contributed by atoms with E-state index in [0.717, 1.165) is 6.42 Å². The third-order valence-electron chi connectivity index (χ3n) is 3.79. The van der Waals surface area contributed by atoms with E-state index in [1.807, 2.05) is 13.8 Å². The molecular weight excluding hydrogens is 314 g/mol. The van der Waals surface area contributed by atoms with Gasteiger partial charge in [-0.3, -0.25) is 19.9 Å². The number of H-pyrrole nitrogens is 2. The Morgan fingerprint density at radius 1 is 1.25 bits per heavy atom. The second-order valence-corrected chi connectivity index (χ2v) is 5.57. The van der Waals surface area contributed by atoms with Gasteiger partial charge < -0.3 is 9.72 Å². The molecule has 2 N–H and O–H groups in total. The molecule has 2 unspecified atom stereocenters. The molecule has 2 rings (SSSR count). The van der Waals surface area contributed by atoms with Crippen LogP contribution in [0, 0.1) is 16.0 Å². The number of aromatic amines is 2. The number of nitrogens with zero attached hydrogens (tertiary/aromatic N) is 1. The van der Waals surface area contributed by atoms with Crippen LogP contribution in [-0.2, 0) is 4.74 Å². The van der Waals surface area contributed by atoms with Gasteiger partial charge >= 0.3 is 5.69 Å². The molecule has 128 valence electrons. The van der Waals surface area contributed by atoms with Crippen molar-refractivity contribution in [3.05, 3.63) is 72.5 Å². The molecule has 8 nitrogen and oxygen atoms in total. The molecule has 0 aliphatic heterocycles. The summed E-state index contributed by atoms with van der Waals surface area (Å²) in [6.45, 7) is 4.31. The summed E-state index contributed by atoms with van der Waals surface area (Å²) >= 11 is 0. The predicted octanol–water partition coefficient (Wildman–Crippen LogP) is 2.12. The number of nitro benzene ring substituents is 1. The lowest BCUT2D eigenvalue weighted by Gasteiger charge is -2.20. The average molecular weight is 333 g/mol. The van der Waals surface area contributed by atoms with Crippen LogP contribution in [-0.4, -0.2) is 21.5 Å². The van der Waals surface area contributed by atoms with Crippen LogP contribution < -0.4 is 11.2 Å². The predicted molar refractivity (Wildman–Crippen MR) is 88.0 cm³/mol. The molecule has 1 aromatic carbocycles.